The van der Waals surface area contributed by atoms with Crippen molar-refractivity contribution in [1.29, 1.82) is 0 Å². The van der Waals surface area contributed by atoms with Crippen LogP contribution < -0.4 is 0 Å². The van der Waals surface area contributed by atoms with Crippen LogP contribution in [0.3, 0.4) is 0 Å². The van der Waals surface area contributed by atoms with Gasteiger partial charge in [0.1, 0.15) is 0 Å². The van der Waals surface area contributed by atoms with Crippen molar-refractivity contribution in [2.75, 3.05) is 14.2 Å². The molecule has 0 aliphatic carbocycles. The van der Waals surface area contributed by atoms with Gasteiger partial charge in [-0.1, -0.05) is 36.4 Å². The predicted octanol–water partition coefficient (Wildman–Crippen LogP) is 4.96. The molecule has 0 N–H and O–H groups in total. The molecule has 0 saturated carbocycles. The van der Waals surface area contributed by atoms with Gasteiger partial charge in [-0.2, -0.15) is 0 Å². The van der Waals surface area contributed by atoms with Crippen molar-refractivity contribution in [2.45, 2.75) is 13.8 Å². The van der Waals surface area contributed by atoms with Crippen LogP contribution in [0.2, 0.25) is 0 Å². The monoisotopic (exact) mass is 532 g/mol. The van der Waals surface area contributed by atoms with Crippen molar-refractivity contribution >= 4 is 23.2 Å². The minimum Gasteiger partial charge on any atom is -0.465 e. The standard InChI is InChI=1S/C30H24N6O4/c1-17-21(7-5-9-23(17)27-31-25-13-11-19(29(37)39-3)15-35(25)33-27)22-8-6-10-24(18(22)2)28-32-26-14-12-20(30(38)40-4)16-36(26)34-28/h5-16H,1-4H3. The average Bonchev–Trinajstić information content (AvgIpc) is 3.60. The normalized spacial score (nSPS) is 11.2. The molecule has 0 atom stereocenters. The van der Waals surface area contributed by atoms with Crippen LogP contribution in [-0.4, -0.2) is 55.4 Å². The SMILES string of the molecule is COC(=O)c1ccc2nc(-c3cccc(-c4cccc(-c5nc6ccc(C(=O)OC)cn6n5)c4C)c3C)nn2c1. The third kappa shape index (κ3) is 4.15. The van der Waals surface area contributed by atoms with Gasteiger partial charge in [0.05, 0.1) is 25.3 Å². The van der Waals surface area contributed by atoms with Crippen LogP contribution in [0.4, 0.5) is 0 Å². The lowest BCUT2D eigenvalue weighted by Crippen LogP contribution is -2.03. The zero-order valence-electron chi connectivity index (χ0n) is 22.2. The smallest absolute Gasteiger partial charge is 0.339 e. The topological polar surface area (TPSA) is 113 Å². The highest BCUT2D eigenvalue weighted by atomic mass is 16.5. The molecular formula is C30H24N6O4. The highest BCUT2D eigenvalue weighted by molar-refractivity contribution is 5.90. The Kier molecular flexibility index (Phi) is 6.07. The molecule has 6 aromatic rings. The number of carbonyl (C=O) groups excluding carboxylic acids is 2. The van der Waals surface area contributed by atoms with E-state index in [1.165, 1.54) is 14.2 Å². The number of benzene rings is 2. The Morgan fingerprint density at radius 1 is 0.600 bits per heavy atom. The molecule has 10 nitrogen and oxygen atoms in total. The van der Waals surface area contributed by atoms with Crippen LogP contribution in [0.5, 0.6) is 0 Å². The van der Waals surface area contributed by atoms with Crippen molar-refractivity contribution in [3.8, 4) is 33.9 Å². The van der Waals surface area contributed by atoms with E-state index in [0.717, 1.165) is 33.4 Å². The van der Waals surface area contributed by atoms with Crippen LogP contribution in [-0.2, 0) is 9.47 Å². The number of carbonyl (C=O) groups is 2. The number of methoxy groups -OCH3 is 2. The van der Waals surface area contributed by atoms with Gasteiger partial charge in [-0.3, -0.25) is 0 Å². The molecular weight excluding hydrogens is 508 g/mol. The lowest BCUT2D eigenvalue weighted by atomic mass is 9.91. The molecule has 2 aromatic carbocycles. The lowest BCUT2D eigenvalue weighted by molar-refractivity contribution is 0.0591. The van der Waals surface area contributed by atoms with Gasteiger partial charge < -0.3 is 9.47 Å². The molecule has 0 unspecified atom stereocenters. The molecule has 0 bridgehead atoms. The quantitative estimate of drug-likeness (QED) is 0.286. The van der Waals surface area contributed by atoms with Crippen LogP contribution in [0.25, 0.3) is 45.2 Å². The number of hydrogen-bond donors (Lipinski definition) is 0. The molecule has 40 heavy (non-hydrogen) atoms. The summed E-state index contributed by atoms with van der Waals surface area (Å²) >= 11 is 0. The van der Waals surface area contributed by atoms with Crippen molar-refractivity contribution in [2.24, 2.45) is 0 Å². The highest BCUT2D eigenvalue weighted by Gasteiger charge is 2.18. The molecule has 0 saturated heterocycles. The second kappa shape index (κ2) is 9.73. The number of ether oxygens (including phenoxy) is 2. The van der Waals surface area contributed by atoms with Gasteiger partial charge in [0.25, 0.3) is 0 Å². The van der Waals surface area contributed by atoms with Crippen molar-refractivity contribution in [3.63, 3.8) is 0 Å². The maximum Gasteiger partial charge on any atom is 0.339 e. The molecule has 6 rings (SSSR count). The van der Waals surface area contributed by atoms with Crippen molar-refractivity contribution < 1.29 is 19.1 Å². The van der Waals surface area contributed by atoms with Gasteiger partial charge in [0.2, 0.25) is 0 Å². The molecule has 0 aliphatic heterocycles. The van der Waals surface area contributed by atoms with Crippen LogP contribution >= 0.6 is 0 Å². The van der Waals surface area contributed by atoms with Crippen LogP contribution in [0.1, 0.15) is 31.8 Å². The fourth-order valence-corrected chi connectivity index (χ4v) is 4.81. The number of hydrogen-bond acceptors (Lipinski definition) is 8. The molecule has 0 spiro atoms. The largest absolute Gasteiger partial charge is 0.465 e. The first-order valence-electron chi connectivity index (χ1n) is 12.5. The fourth-order valence-electron chi connectivity index (χ4n) is 4.81. The first-order chi connectivity index (χ1) is 19.4. The van der Waals surface area contributed by atoms with E-state index in [9.17, 15) is 9.59 Å². The molecule has 4 heterocycles. The molecule has 0 amide bonds. The number of esters is 2. The average molecular weight is 533 g/mol. The Morgan fingerprint density at radius 2 is 1.00 bits per heavy atom. The van der Waals surface area contributed by atoms with Crippen molar-refractivity contribution in [3.05, 3.63) is 95.3 Å². The predicted molar refractivity (Wildman–Crippen MR) is 148 cm³/mol. The maximum absolute atomic E-state index is 11.9. The number of rotatable bonds is 5. The van der Waals surface area contributed by atoms with E-state index >= 15 is 0 Å². The summed E-state index contributed by atoms with van der Waals surface area (Å²) in [7, 11) is 2.69. The van der Waals surface area contributed by atoms with Gasteiger partial charge in [-0.15, -0.1) is 10.2 Å². The highest BCUT2D eigenvalue weighted by Crippen LogP contribution is 2.35. The second-order valence-electron chi connectivity index (χ2n) is 9.25. The summed E-state index contributed by atoms with van der Waals surface area (Å²) in [6.07, 6.45) is 3.22. The number of fused-ring (bicyclic) bond motifs is 2. The summed E-state index contributed by atoms with van der Waals surface area (Å²) in [5, 5.41) is 9.27. The molecule has 0 fully saturated rings. The van der Waals surface area contributed by atoms with E-state index in [0.29, 0.717) is 34.1 Å². The van der Waals surface area contributed by atoms with Gasteiger partial charge >= 0.3 is 11.9 Å². The van der Waals surface area contributed by atoms with E-state index in [2.05, 4.69) is 32.3 Å². The fraction of sp³-hybridized carbons (Fsp3) is 0.133. The van der Waals surface area contributed by atoms with E-state index in [1.807, 2.05) is 38.1 Å². The van der Waals surface area contributed by atoms with Crippen LogP contribution in [0.15, 0.2) is 73.1 Å². The third-order valence-electron chi connectivity index (χ3n) is 6.94. The minimum atomic E-state index is -0.434. The zero-order chi connectivity index (χ0) is 28.0. The van der Waals surface area contributed by atoms with E-state index in [-0.39, 0.29) is 0 Å². The van der Waals surface area contributed by atoms with Gasteiger partial charge in [0, 0.05) is 23.5 Å². The Bertz CT molecular complexity index is 1810. The Labute approximate surface area is 228 Å². The summed E-state index contributed by atoms with van der Waals surface area (Å²) < 4.78 is 12.8. The minimum absolute atomic E-state index is 0.395. The summed E-state index contributed by atoms with van der Waals surface area (Å²) in [5.41, 5.74) is 7.88. The molecule has 0 radical (unpaired) electrons. The molecule has 10 heteroatoms. The maximum atomic E-state index is 11.9. The summed E-state index contributed by atoms with van der Waals surface area (Å²) in [4.78, 5) is 33.3. The van der Waals surface area contributed by atoms with E-state index < -0.39 is 11.9 Å². The summed E-state index contributed by atoms with van der Waals surface area (Å²) in [6.45, 7) is 4.08. The first-order valence-corrected chi connectivity index (χ1v) is 12.5. The third-order valence-corrected chi connectivity index (χ3v) is 6.94. The molecule has 4 aromatic heterocycles. The Hall–Kier alpha value is -5.38. The van der Waals surface area contributed by atoms with Gasteiger partial charge in [0.15, 0.2) is 22.9 Å². The Morgan fingerprint density at radius 3 is 1.40 bits per heavy atom. The van der Waals surface area contributed by atoms with Crippen LogP contribution in [0, 0.1) is 13.8 Å². The summed E-state index contributed by atoms with van der Waals surface area (Å²) in [6, 6.07) is 18.9. The number of aromatic nitrogens is 6. The number of nitrogens with zero attached hydrogens (tertiary/aromatic N) is 6. The molecule has 198 valence electrons. The first kappa shape index (κ1) is 24.9. The number of pyridine rings is 2. The van der Waals surface area contributed by atoms with Gasteiger partial charge in [-0.05, 0) is 60.4 Å². The Balaban J connectivity index is 1.41. The zero-order valence-corrected chi connectivity index (χ0v) is 22.2. The molecule has 0 aliphatic rings. The van der Waals surface area contributed by atoms with Crippen molar-refractivity contribution in [1.82, 2.24) is 29.2 Å². The summed E-state index contributed by atoms with van der Waals surface area (Å²) in [5.74, 6) is 0.241. The van der Waals surface area contributed by atoms with E-state index in [4.69, 9.17) is 9.47 Å². The lowest BCUT2D eigenvalue weighted by Gasteiger charge is -2.14. The second-order valence-corrected chi connectivity index (χ2v) is 9.25. The van der Waals surface area contributed by atoms with Gasteiger partial charge in [-0.25, -0.2) is 28.6 Å². The van der Waals surface area contributed by atoms with E-state index in [1.54, 1.807) is 45.7 Å².